The molecule has 0 aromatic carbocycles. The molecule has 0 bridgehead atoms. The van der Waals surface area contributed by atoms with E-state index < -0.39 is 0 Å². The maximum absolute atomic E-state index is 3.50. The summed E-state index contributed by atoms with van der Waals surface area (Å²) in [6.45, 7) is 4.30. The standard InChI is InChI=1S/C3H5Br2N/c1-2-3-6(4)5/h2H,1,3H2. The van der Waals surface area contributed by atoms with Crippen LogP contribution in [0.4, 0.5) is 0 Å². The first-order valence-electron chi connectivity index (χ1n) is 1.47. The zero-order chi connectivity index (χ0) is 4.99. The van der Waals surface area contributed by atoms with Crippen LogP contribution in [0.25, 0.3) is 0 Å². The number of hydrogen-bond acceptors (Lipinski definition) is 1. The van der Waals surface area contributed by atoms with E-state index in [4.69, 9.17) is 0 Å². The second-order valence-corrected chi connectivity index (χ2v) is 3.44. The molecule has 3 heteroatoms. The molecule has 0 amide bonds. The van der Waals surface area contributed by atoms with Crippen LogP contribution in [0, 0.1) is 0 Å². The Morgan fingerprint density at radius 3 is 2.17 bits per heavy atom. The maximum atomic E-state index is 3.50. The Balaban J connectivity index is 2.81. The molecule has 0 saturated carbocycles. The lowest BCUT2D eigenvalue weighted by Crippen LogP contribution is -1.91. The van der Waals surface area contributed by atoms with E-state index in [0.29, 0.717) is 0 Å². The van der Waals surface area contributed by atoms with Crippen LogP contribution in [0.3, 0.4) is 0 Å². The fraction of sp³-hybridized carbons (Fsp3) is 0.333. The molecule has 0 aliphatic heterocycles. The van der Waals surface area contributed by atoms with Crippen molar-refractivity contribution in [2.75, 3.05) is 6.54 Å². The molecule has 0 fully saturated rings. The zero-order valence-corrected chi connectivity index (χ0v) is 6.37. The van der Waals surface area contributed by atoms with Gasteiger partial charge in [0.25, 0.3) is 0 Å². The van der Waals surface area contributed by atoms with Crippen molar-refractivity contribution in [1.82, 2.24) is 2.95 Å². The second kappa shape index (κ2) is 3.84. The van der Waals surface area contributed by atoms with Gasteiger partial charge in [-0.05, 0) is 0 Å². The maximum Gasteiger partial charge on any atom is 0.0387 e. The third kappa shape index (κ3) is 4.66. The largest absolute Gasteiger partial charge is 0.174 e. The molecule has 6 heavy (non-hydrogen) atoms. The van der Waals surface area contributed by atoms with E-state index >= 15 is 0 Å². The topological polar surface area (TPSA) is 3.24 Å². The fourth-order valence-corrected chi connectivity index (χ4v) is 0.507. The summed E-state index contributed by atoms with van der Waals surface area (Å²) in [5.41, 5.74) is 0. The summed E-state index contributed by atoms with van der Waals surface area (Å²) in [6.07, 6.45) is 1.78. The first-order valence-corrected chi connectivity index (χ1v) is 2.89. The summed E-state index contributed by atoms with van der Waals surface area (Å²) in [4.78, 5) is 0. The van der Waals surface area contributed by atoms with Crippen LogP contribution in [0.5, 0.6) is 0 Å². The first-order chi connectivity index (χ1) is 2.77. The zero-order valence-electron chi connectivity index (χ0n) is 3.19. The molecule has 0 aromatic heterocycles. The number of hydrogen-bond donors (Lipinski definition) is 0. The quantitative estimate of drug-likeness (QED) is 0.503. The molecular weight excluding hydrogens is 210 g/mol. The molecule has 0 unspecified atom stereocenters. The Bertz CT molecular complexity index is 44.1. The highest BCUT2D eigenvalue weighted by molar-refractivity contribution is 9.21. The van der Waals surface area contributed by atoms with Gasteiger partial charge in [0, 0.05) is 38.8 Å². The molecule has 0 spiro atoms. The SMILES string of the molecule is C=CCN(Br)Br. The van der Waals surface area contributed by atoms with E-state index in [2.05, 4.69) is 38.9 Å². The van der Waals surface area contributed by atoms with E-state index in [9.17, 15) is 0 Å². The fourth-order valence-electron chi connectivity index (χ4n) is 0.0976. The van der Waals surface area contributed by atoms with E-state index in [1.54, 1.807) is 9.03 Å². The van der Waals surface area contributed by atoms with Gasteiger partial charge in [-0.15, -0.1) is 6.58 Å². The van der Waals surface area contributed by atoms with Gasteiger partial charge in [0.2, 0.25) is 0 Å². The van der Waals surface area contributed by atoms with E-state index in [1.165, 1.54) is 0 Å². The van der Waals surface area contributed by atoms with E-state index in [-0.39, 0.29) is 0 Å². The van der Waals surface area contributed by atoms with Crippen LogP contribution in [-0.4, -0.2) is 9.50 Å². The minimum atomic E-state index is 0.806. The van der Waals surface area contributed by atoms with Crippen LogP contribution >= 0.6 is 32.3 Å². The average molecular weight is 215 g/mol. The molecule has 0 aliphatic carbocycles. The molecular formula is C3H5Br2N. The molecule has 0 radical (unpaired) electrons. The molecule has 0 aliphatic rings. The highest BCUT2D eigenvalue weighted by Crippen LogP contribution is 2.02. The van der Waals surface area contributed by atoms with Crippen molar-refractivity contribution in [2.45, 2.75) is 0 Å². The highest BCUT2D eigenvalue weighted by atomic mass is 79.9. The number of nitrogens with zero attached hydrogens (tertiary/aromatic N) is 1. The van der Waals surface area contributed by atoms with E-state index in [0.717, 1.165) is 6.54 Å². The monoisotopic (exact) mass is 213 g/mol. The smallest absolute Gasteiger partial charge is 0.0387 e. The van der Waals surface area contributed by atoms with Gasteiger partial charge < -0.3 is 0 Å². The van der Waals surface area contributed by atoms with Crippen molar-refractivity contribution in [3.05, 3.63) is 12.7 Å². The third-order valence-electron chi connectivity index (χ3n) is 0.267. The molecule has 0 heterocycles. The summed E-state index contributed by atoms with van der Waals surface area (Å²) in [7, 11) is 0. The molecule has 0 rings (SSSR count). The predicted molar refractivity (Wildman–Crippen MR) is 34.8 cm³/mol. The molecule has 0 saturated heterocycles. The highest BCUT2D eigenvalue weighted by Gasteiger charge is 1.81. The van der Waals surface area contributed by atoms with Crippen molar-refractivity contribution >= 4 is 32.3 Å². The van der Waals surface area contributed by atoms with Crippen LogP contribution in [0.2, 0.25) is 0 Å². The summed E-state index contributed by atoms with van der Waals surface area (Å²) < 4.78 is 1.69. The average Bonchev–Trinajstić information content (AvgIpc) is 1.35. The van der Waals surface area contributed by atoms with Crippen molar-refractivity contribution in [2.24, 2.45) is 0 Å². The van der Waals surface area contributed by atoms with Gasteiger partial charge in [-0.3, -0.25) is 0 Å². The Morgan fingerprint density at radius 2 is 2.17 bits per heavy atom. The molecule has 36 valence electrons. The minimum absolute atomic E-state index is 0.806. The van der Waals surface area contributed by atoms with Crippen molar-refractivity contribution < 1.29 is 0 Å². The Kier molecular flexibility index (Phi) is 4.26. The van der Waals surface area contributed by atoms with Gasteiger partial charge in [-0.1, -0.05) is 6.08 Å². The van der Waals surface area contributed by atoms with Gasteiger partial charge in [0.15, 0.2) is 0 Å². The minimum Gasteiger partial charge on any atom is -0.174 e. The number of halogens is 2. The van der Waals surface area contributed by atoms with Gasteiger partial charge in [-0.2, -0.15) is 2.95 Å². The van der Waals surface area contributed by atoms with Gasteiger partial charge in [-0.25, -0.2) is 0 Å². The van der Waals surface area contributed by atoms with Crippen LogP contribution in [0.1, 0.15) is 0 Å². The summed E-state index contributed by atoms with van der Waals surface area (Å²) in [5.74, 6) is 0. The lowest BCUT2D eigenvalue weighted by molar-refractivity contribution is 0.898. The van der Waals surface area contributed by atoms with Gasteiger partial charge >= 0.3 is 0 Å². The summed E-state index contributed by atoms with van der Waals surface area (Å²) in [6, 6.07) is 0. The normalized spacial score (nSPS) is 9.17. The third-order valence-corrected chi connectivity index (χ3v) is 0.846. The lowest BCUT2D eigenvalue weighted by Gasteiger charge is -1.94. The molecule has 1 nitrogen and oxygen atoms in total. The number of rotatable bonds is 2. The van der Waals surface area contributed by atoms with E-state index in [1.807, 2.05) is 0 Å². The predicted octanol–water partition coefficient (Wildman–Crippen LogP) is 2.09. The van der Waals surface area contributed by atoms with Crippen molar-refractivity contribution in [3.8, 4) is 0 Å². The first kappa shape index (κ1) is 6.66. The van der Waals surface area contributed by atoms with Crippen LogP contribution < -0.4 is 0 Å². The Morgan fingerprint density at radius 1 is 1.67 bits per heavy atom. The van der Waals surface area contributed by atoms with Crippen molar-refractivity contribution in [3.63, 3.8) is 0 Å². The Labute approximate surface area is 54.7 Å². The summed E-state index contributed by atoms with van der Waals surface area (Å²) >= 11 is 6.23. The van der Waals surface area contributed by atoms with Crippen molar-refractivity contribution in [1.29, 1.82) is 0 Å². The molecule has 0 atom stereocenters. The second-order valence-electron chi connectivity index (χ2n) is 0.774. The molecule has 0 aromatic rings. The van der Waals surface area contributed by atoms with Crippen LogP contribution in [0.15, 0.2) is 12.7 Å². The molecule has 0 N–H and O–H groups in total. The van der Waals surface area contributed by atoms with Gasteiger partial charge in [0.05, 0.1) is 0 Å². The van der Waals surface area contributed by atoms with Gasteiger partial charge in [0.1, 0.15) is 0 Å². The van der Waals surface area contributed by atoms with Crippen LogP contribution in [-0.2, 0) is 0 Å². The summed E-state index contributed by atoms with van der Waals surface area (Å²) in [5, 5.41) is 0. The Hall–Kier alpha value is 0.660. The lowest BCUT2D eigenvalue weighted by atomic mass is 10.7.